The van der Waals surface area contributed by atoms with Gasteiger partial charge >= 0.3 is 12.6 Å². The number of carbonyl (C=O) groups excluding carboxylic acids is 1. The maximum Gasteiger partial charge on any atom is 0.387 e. The summed E-state index contributed by atoms with van der Waals surface area (Å²) >= 11 is 3.18. The van der Waals surface area contributed by atoms with Crippen molar-refractivity contribution in [2.45, 2.75) is 18.1 Å². The van der Waals surface area contributed by atoms with Crippen LogP contribution in [0.25, 0.3) is 0 Å². The summed E-state index contributed by atoms with van der Waals surface area (Å²) in [5.74, 6) is -0.689. The molecule has 0 spiro atoms. The van der Waals surface area contributed by atoms with Gasteiger partial charge in [-0.15, -0.1) is 0 Å². The van der Waals surface area contributed by atoms with E-state index in [4.69, 9.17) is 0 Å². The van der Waals surface area contributed by atoms with Gasteiger partial charge in [0.25, 0.3) is 0 Å². The van der Waals surface area contributed by atoms with Crippen molar-refractivity contribution >= 4 is 31.9 Å². The molecule has 146 valence electrons. The number of nitrogens with zero attached hydrogens (tertiary/aromatic N) is 1. The van der Waals surface area contributed by atoms with Crippen LogP contribution in [0, 0.1) is 0 Å². The number of ether oxygens (including phenoxy) is 2. The minimum Gasteiger partial charge on any atom is -0.465 e. The van der Waals surface area contributed by atoms with Crippen molar-refractivity contribution in [3.05, 3.63) is 58.1 Å². The van der Waals surface area contributed by atoms with Gasteiger partial charge in [-0.1, -0.05) is 12.1 Å². The normalized spacial score (nSPS) is 11.7. The lowest BCUT2D eigenvalue weighted by Gasteiger charge is -2.18. The van der Waals surface area contributed by atoms with Gasteiger partial charge in [-0.05, 0) is 51.8 Å². The molecule has 0 aromatic heterocycles. The molecule has 0 N–H and O–H groups in total. The Morgan fingerprint density at radius 2 is 1.81 bits per heavy atom. The van der Waals surface area contributed by atoms with Gasteiger partial charge in [-0.25, -0.2) is 13.2 Å². The van der Waals surface area contributed by atoms with Crippen molar-refractivity contribution in [3.8, 4) is 5.75 Å². The van der Waals surface area contributed by atoms with Crippen LogP contribution in [0.15, 0.2) is 51.8 Å². The molecule has 0 saturated carbocycles. The van der Waals surface area contributed by atoms with Gasteiger partial charge in [0.2, 0.25) is 10.0 Å². The third-order valence-electron chi connectivity index (χ3n) is 3.61. The van der Waals surface area contributed by atoms with Crippen molar-refractivity contribution in [3.63, 3.8) is 0 Å². The Hall–Kier alpha value is -2.04. The number of hydrogen-bond acceptors (Lipinski definition) is 5. The summed E-state index contributed by atoms with van der Waals surface area (Å²) in [4.78, 5) is 11.7. The molecule has 2 aromatic rings. The minimum atomic E-state index is -3.89. The number of benzene rings is 2. The van der Waals surface area contributed by atoms with E-state index in [1.165, 1.54) is 56.6 Å². The second kappa shape index (κ2) is 8.77. The Labute approximate surface area is 163 Å². The molecule has 0 bridgehead atoms. The molecule has 0 heterocycles. The molecule has 0 aliphatic rings. The highest BCUT2D eigenvalue weighted by molar-refractivity contribution is 9.10. The van der Waals surface area contributed by atoms with Crippen molar-refractivity contribution in [1.82, 2.24) is 4.31 Å². The van der Waals surface area contributed by atoms with E-state index in [-0.39, 0.29) is 22.8 Å². The van der Waals surface area contributed by atoms with E-state index >= 15 is 0 Å². The molecular weight excluding hydrogens is 448 g/mol. The Kier molecular flexibility index (Phi) is 6.90. The maximum absolute atomic E-state index is 12.8. The third-order valence-corrected chi connectivity index (χ3v) is 6.10. The van der Waals surface area contributed by atoms with Crippen molar-refractivity contribution in [2.24, 2.45) is 0 Å². The first-order valence-electron chi connectivity index (χ1n) is 7.53. The first-order valence-corrected chi connectivity index (χ1v) is 9.76. The zero-order valence-electron chi connectivity index (χ0n) is 14.4. The molecule has 0 aliphatic heterocycles. The zero-order valence-corrected chi connectivity index (χ0v) is 16.8. The second-order valence-electron chi connectivity index (χ2n) is 5.42. The highest BCUT2D eigenvalue weighted by Gasteiger charge is 2.23. The number of carbonyl (C=O) groups is 1. The molecule has 0 atom stereocenters. The molecule has 0 amide bonds. The third kappa shape index (κ3) is 5.24. The highest BCUT2D eigenvalue weighted by Crippen LogP contribution is 2.25. The minimum absolute atomic E-state index is 0.000906. The van der Waals surface area contributed by atoms with Gasteiger partial charge in [-0.2, -0.15) is 13.1 Å². The molecule has 2 rings (SSSR count). The SMILES string of the molecule is COC(=O)c1cc(S(=O)(=O)N(C)Cc2ccc(OC(F)F)cc2)ccc1Br. The van der Waals surface area contributed by atoms with Gasteiger partial charge in [-0.3, -0.25) is 0 Å². The average Bonchev–Trinajstić information content (AvgIpc) is 2.62. The maximum atomic E-state index is 12.8. The Balaban J connectivity index is 2.22. The largest absolute Gasteiger partial charge is 0.465 e. The monoisotopic (exact) mass is 463 g/mol. The summed E-state index contributed by atoms with van der Waals surface area (Å²) in [5.41, 5.74) is 0.661. The average molecular weight is 464 g/mol. The van der Waals surface area contributed by atoms with Crippen LogP contribution < -0.4 is 4.74 Å². The number of sulfonamides is 1. The van der Waals surface area contributed by atoms with Crippen LogP contribution in [-0.4, -0.2) is 39.5 Å². The highest BCUT2D eigenvalue weighted by atomic mass is 79.9. The predicted octanol–water partition coefficient (Wildman–Crippen LogP) is 3.66. The van der Waals surface area contributed by atoms with Crippen LogP contribution in [0.2, 0.25) is 0 Å². The Bertz CT molecular complexity index is 919. The van der Waals surface area contributed by atoms with Crippen LogP contribution >= 0.6 is 15.9 Å². The molecule has 0 fully saturated rings. The van der Waals surface area contributed by atoms with Gasteiger partial charge < -0.3 is 9.47 Å². The van der Waals surface area contributed by atoms with Crippen LogP contribution in [-0.2, 0) is 21.3 Å². The summed E-state index contributed by atoms with van der Waals surface area (Å²) in [6.45, 7) is -2.93. The lowest BCUT2D eigenvalue weighted by atomic mass is 10.2. The summed E-state index contributed by atoms with van der Waals surface area (Å²) < 4.78 is 60.2. The molecule has 27 heavy (non-hydrogen) atoms. The molecule has 2 aromatic carbocycles. The summed E-state index contributed by atoms with van der Waals surface area (Å²) in [6, 6.07) is 9.68. The number of rotatable bonds is 7. The van der Waals surface area contributed by atoms with E-state index in [0.717, 1.165) is 4.31 Å². The smallest absolute Gasteiger partial charge is 0.387 e. The van der Waals surface area contributed by atoms with Crippen molar-refractivity contribution in [1.29, 1.82) is 0 Å². The molecule has 0 unspecified atom stereocenters. The first-order chi connectivity index (χ1) is 12.6. The zero-order chi connectivity index (χ0) is 20.2. The Morgan fingerprint density at radius 3 is 2.37 bits per heavy atom. The number of methoxy groups -OCH3 is 1. The molecular formula is C17H16BrF2NO5S. The van der Waals surface area contributed by atoms with E-state index in [1.54, 1.807) is 0 Å². The fourth-order valence-electron chi connectivity index (χ4n) is 2.23. The fourth-order valence-corrected chi connectivity index (χ4v) is 3.82. The standard InChI is InChI=1S/C17H16BrF2NO5S/c1-21(10-11-3-5-12(6-4-11)26-17(19)20)27(23,24)13-7-8-15(18)14(9-13)16(22)25-2/h3-9,17H,10H2,1-2H3. The van der Waals surface area contributed by atoms with E-state index in [1.807, 2.05) is 0 Å². The number of hydrogen-bond donors (Lipinski definition) is 0. The van der Waals surface area contributed by atoms with Gasteiger partial charge in [0.1, 0.15) is 5.75 Å². The number of halogens is 3. The number of alkyl halides is 2. The number of esters is 1. The van der Waals surface area contributed by atoms with Crippen LogP contribution in [0.1, 0.15) is 15.9 Å². The summed E-state index contributed by atoms with van der Waals surface area (Å²) in [6.07, 6.45) is 0. The molecule has 0 radical (unpaired) electrons. The summed E-state index contributed by atoms with van der Waals surface area (Å²) in [7, 11) is -1.32. The van der Waals surface area contributed by atoms with Crippen LogP contribution in [0.4, 0.5) is 8.78 Å². The topological polar surface area (TPSA) is 72.9 Å². The van der Waals surface area contributed by atoms with Crippen molar-refractivity contribution < 1.29 is 31.5 Å². The van der Waals surface area contributed by atoms with Gasteiger partial charge in [0.05, 0.1) is 17.6 Å². The molecule has 0 saturated heterocycles. The first kappa shape index (κ1) is 21.3. The Morgan fingerprint density at radius 1 is 1.19 bits per heavy atom. The van der Waals surface area contributed by atoms with Crippen LogP contribution in [0.5, 0.6) is 5.75 Å². The summed E-state index contributed by atoms with van der Waals surface area (Å²) in [5, 5.41) is 0. The van der Waals surface area contributed by atoms with E-state index in [0.29, 0.717) is 10.0 Å². The fraction of sp³-hybridized carbons (Fsp3) is 0.235. The molecule has 0 aliphatic carbocycles. The van der Waals surface area contributed by atoms with E-state index in [9.17, 15) is 22.0 Å². The lowest BCUT2D eigenvalue weighted by molar-refractivity contribution is -0.0498. The van der Waals surface area contributed by atoms with E-state index in [2.05, 4.69) is 25.4 Å². The predicted molar refractivity (Wildman–Crippen MR) is 97.2 cm³/mol. The van der Waals surface area contributed by atoms with Crippen molar-refractivity contribution in [2.75, 3.05) is 14.2 Å². The second-order valence-corrected chi connectivity index (χ2v) is 8.32. The van der Waals surface area contributed by atoms with Crippen LogP contribution in [0.3, 0.4) is 0 Å². The lowest BCUT2D eigenvalue weighted by Crippen LogP contribution is -2.26. The van der Waals surface area contributed by atoms with Gasteiger partial charge in [0.15, 0.2) is 0 Å². The van der Waals surface area contributed by atoms with Gasteiger partial charge in [0, 0.05) is 18.1 Å². The van der Waals surface area contributed by atoms with E-state index < -0.39 is 22.6 Å². The molecule has 10 heteroatoms. The molecule has 6 nitrogen and oxygen atoms in total. The quantitative estimate of drug-likeness (QED) is 0.585.